The molecule has 3 aliphatic rings. The second-order valence-corrected chi connectivity index (χ2v) is 11.4. The average molecular weight is 590 g/mol. The van der Waals surface area contributed by atoms with Crippen molar-refractivity contribution < 1.29 is 23.9 Å². The van der Waals surface area contributed by atoms with Crippen molar-refractivity contribution in [2.45, 2.75) is 24.9 Å². The maximum atomic E-state index is 14.9. The van der Waals surface area contributed by atoms with Gasteiger partial charge in [0.05, 0.1) is 19.8 Å². The van der Waals surface area contributed by atoms with Crippen LogP contribution in [0.25, 0.3) is 6.08 Å². The highest BCUT2D eigenvalue weighted by atomic mass is 35.5. The fraction of sp³-hybridized carbons (Fsp3) is 0.194. The Morgan fingerprint density at radius 3 is 2.35 bits per heavy atom. The molecule has 0 amide bonds. The zero-order valence-corrected chi connectivity index (χ0v) is 24.4. The number of anilines is 1. The summed E-state index contributed by atoms with van der Waals surface area (Å²) in [7, 11) is 1.55. The lowest BCUT2D eigenvalue weighted by molar-refractivity contribution is 0.0664. The number of ketones is 3. The topological polar surface area (TPSA) is 72.9 Å². The molecule has 1 fully saturated rings. The van der Waals surface area contributed by atoms with Crippen molar-refractivity contribution in [2.24, 2.45) is 5.41 Å². The molecule has 1 spiro atoms. The summed E-state index contributed by atoms with van der Waals surface area (Å²) in [5.74, 6) is -0.616. The lowest BCUT2D eigenvalue weighted by Gasteiger charge is -2.37. The molecule has 6 nitrogen and oxygen atoms in total. The summed E-state index contributed by atoms with van der Waals surface area (Å²) in [6.45, 7) is 2.26. The maximum absolute atomic E-state index is 14.9. The first kappa shape index (κ1) is 27.2. The Kier molecular flexibility index (Phi) is 6.47. The standard InChI is InChI=1S/C36H28ClNO5/c1-3-43-29-14-7-6-13-27(29)31-32(33(39)22-9-8-10-24(20-22)42-2)38-28-17-16-23(37)19-21(28)15-18-30(38)36(31)34(40)25-11-4-5-12-26(25)35(36)41/h4-20,30-32H,3H2,1-2H3/t30-,31-,32+/m0/s1. The van der Waals surface area contributed by atoms with Crippen molar-refractivity contribution in [1.29, 1.82) is 0 Å². The first-order valence-corrected chi connectivity index (χ1v) is 14.6. The van der Waals surface area contributed by atoms with E-state index >= 15 is 0 Å². The van der Waals surface area contributed by atoms with Gasteiger partial charge in [0.25, 0.3) is 0 Å². The molecule has 1 saturated heterocycles. The van der Waals surface area contributed by atoms with E-state index in [9.17, 15) is 14.4 Å². The first-order valence-electron chi connectivity index (χ1n) is 14.3. The number of rotatable bonds is 6. The van der Waals surface area contributed by atoms with Crippen LogP contribution in [0.2, 0.25) is 5.02 Å². The van der Waals surface area contributed by atoms with Gasteiger partial charge >= 0.3 is 0 Å². The number of hydrogen-bond acceptors (Lipinski definition) is 6. The van der Waals surface area contributed by atoms with E-state index in [-0.39, 0.29) is 17.3 Å². The molecule has 214 valence electrons. The average Bonchev–Trinajstić information content (AvgIpc) is 3.47. The lowest BCUT2D eigenvalue weighted by atomic mass is 9.64. The number of carbonyl (C=O) groups is 3. The van der Waals surface area contributed by atoms with E-state index in [4.69, 9.17) is 21.1 Å². The maximum Gasteiger partial charge on any atom is 0.186 e. The van der Waals surface area contributed by atoms with Crippen LogP contribution in [0.1, 0.15) is 55.0 Å². The summed E-state index contributed by atoms with van der Waals surface area (Å²) in [5, 5.41) is 0.546. The van der Waals surface area contributed by atoms with Crippen LogP contribution in [0.3, 0.4) is 0 Å². The van der Waals surface area contributed by atoms with Crippen LogP contribution in [-0.4, -0.2) is 43.2 Å². The third-order valence-electron chi connectivity index (χ3n) is 8.94. The number of fused-ring (bicyclic) bond motifs is 5. The van der Waals surface area contributed by atoms with Crippen LogP contribution in [0.15, 0.2) is 97.1 Å². The Bertz CT molecular complexity index is 1810. The molecular weight excluding hydrogens is 562 g/mol. The number of para-hydroxylation sites is 1. The molecule has 0 aromatic heterocycles. The summed E-state index contributed by atoms with van der Waals surface area (Å²) >= 11 is 6.40. The normalized spacial score (nSPS) is 21.0. The minimum absolute atomic E-state index is 0.232. The molecule has 7 rings (SSSR count). The molecule has 1 aliphatic carbocycles. The van der Waals surface area contributed by atoms with Crippen LogP contribution in [0.5, 0.6) is 11.5 Å². The Labute approximate surface area is 254 Å². The second-order valence-electron chi connectivity index (χ2n) is 11.0. The predicted molar refractivity (Wildman–Crippen MR) is 166 cm³/mol. The zero-order chi connectivity index (χ0) is 29.9. The fourth-order valence-electron chi connectivity index (χ4n) is 7.26. The van der Waals surface area contributed by atoms with Gasteiger partial charge in [-0.1, -0.05) is 78.4 Å². The number of benzene rings is 4. The van der Waals surface area contributed by atoms with Gasteiger partial charge in [0, 0.05) is 38.9 Å². The molecular formula is C36H28ClNO5. The van der Waals surface area contributed by atoms with Crippen LogP contribution in [0, 0.1) is 5.41 Å². The number of methoxy groups -OCH3 is 1. The highest BCUT2D eigenvalue weighted by Crippen LogP contribution is 2.62. The molecule has 0 saturated carbocycles. The number of carbonyl (C=O) groups excluding carboxylic acids is 3. The number of halogens is 1. The quantitative estimate of drug-likeness (QED) is 0.177. The lowest BCUT2D eigenvalue weighted by Crippen LogP contribution is -2.48. The minimum Gasteiger partial charge on any atom is -0.497 e. The SMILES string of the molecule is CCOc1ccccc1[C@H]1[C@H](C(=O)c2cccc(OC)c2)N2c3ccc(Cl)cc3C=C[C@H]2C12C(=O)c1ccccc1C2=O. The van der Waals surface area contributed by atoms with Gasteiger partial charge in [-0.25, -0.2) is 0 Å². The Balaban J connectivity index is 1.56. The predicted octanol–water partition coefficient (Wildman–Crippen LogP) is 7.06. The Morgan fingerprint density at radius 2 is 1.63 bits per heavy atom. The molecule has 0 N–H and O–H groups in total. The first-order chi connectivity index (χ1) is 20.9. The molecule has 43 heavy (non-hydrogen) atoms. The fourth-order valence-corrected chi connectivity index (χ4v) is 7.44. The molecule has 3 atom stereocenters. The van der Waals surface area contributed by atoms with E-state index in [1.165, 1.54) is 0 Å². The minimum atomic E-state index is -1.62. The molecule has 0 bridgehead atoms. The molecule has 2 aliphatic heterocycles. The molecule has 0 radical (unpaired) electrons. The number of ether oxygens (including phenoxy) is 2. The number of Topliss-reactive ketones (excluding diaryl/α,β-unsaturated/α-hetero) is 3. The number of nitrogens with zero attached hydrogens (tertiary/aromatic N) is 1. The van der Waals surface area contributed by atoms with Crippen molar-refractivity contribution in [3.63, 3.8) is 0 Å². The van der Waals surface area contributed by atoms with Gasteiger partial charge in [0.2, 0.25) is 0 Å². The third kappa shape index (κ3) is 3.83. The second kappa shape index (κ2) is 10.2. The molecule has 2 heterocycles. The molecule has 7 heteroatoms. The third-order valence-corrected chi connectivity index (χ3v) is 9.18. The van der Waals surface area contributed by atoms with Crippen molar-refractivity contribution >= 4 is 40.7 Å². The highest BCUT2D eigenvalue weighted by Gasteiger charge is 2.72. The summed E-state index contributed by atoms with van der Waals surface area (Å²) in [5.41, 5.74) is 1.70. The van der Waals surface area contributed by atoms with Crippen molar-refractivity contribution in [1.82, 2.24) is 0 Å². The van der Waals surface area contributed by atoms with Crippen molar-refractivity contribution in [3.05, 3.63) is 130 Å². The van der Waals surface area contributed by atoms with E-state index < -0.39 is 23.4 Å². The van der Waals surface area contributed by atoms with Crippen LogP contribution in [0.4, 0.5) is 5.69 Å². The van der Waals surface area contributed by atoms with Gasteiger partial charge in [-0.15, -0.1) is 0 Å². The van der Waals surface area contributed by atoms with E-state index in [0.29, 0.717) is 45.4 Å². The highest BCUT2D eigenvalue weighted by molar-refractivity contribution is 6.33. The van der Waals surface area contributed by atoms with E-state index in [1.54, 1.807) is 61.7 Å². The van der Waals surface area contributed by atoms with Crippen LogP contribution in [-0.2, 0) is 0 Å². The van der Waals surface area contributed by atoms with Crippen LogP contribution >= 0.6 is 11.6 Å². The van der Waals surface area contributed by atoms with Crippen molar-refractivity contribution in [3.8, 4) is 11.5 Å². The smallest absolute Gasteiger partial charge is 0.186 e. The number of hydrogen-bond donors (Lipinski definition) is 0. The Hall–Kier alpha value is -4.68. The zero-order valence-electron chi connectivity index (χ0n) is 23.6. The van der Waals surface area contributed by atoms with Gasteiger partial charge in [-0.3, -0.25) is 14.4 Å². The van der Waals surface area contributed by atoms with Crippen LogP contribution < -0.4 is 14.4 Å². The van der Waals surface area contributed by atoms with E-state index in [1.807, 2.05) is 60.4 Å². The molecule has 4 aromatic carbocycles. The summed E-state index contributed by atoms with van der Waals surface area (Å²) < 4.78 is 11.6. The summed E-state index contributed by atoms with van der Waals surface area (Å²) in [4.78, 5) is 46.5. The van der Waals surface area contributed by atoms with Gasteiger partial charge in [-0.05, 0) is 48.9 Å². The Morgan fingerprint density at radius 1 is 0.907 bits per heavy atom. The van der Waals surface area contributed by atoms with E-state index in [0.717, 1.165) is 11.3 Å². The largest absolute Gasteiger partial charge is 0.497 e. The molecule has 0 unspecified atom stereocenters. The van der Waals surface area contributed by atoms with Gasteiger partial charge in [0.1, 0.15) is 23.0 Å². The molecule has 4 aromatic rings. The summed E-state index contributed by atoms with van der Waals surface area (Å²) in [6.07, 6.45) is 3.78. The monoisotopic (exact) mass is 589 g/mol. The van der Waals surface area contributed by atoms with E-state index in [2.05, 4.69) is 0 Å². The van der Waals surface area contributed by atoms with Crippen molar-refractivity contribution in [2.75, 3.05) is 18.6 Å². The van der Waals surface area contributed by atoms with Gasteiger partial charge < -0.3 is 14.4 Å². The van der Waals surface area contributed by atoms with Gasteiger partial charge in [-0.2, -0.15) is 0 Å². The summed E-state index contributed by atoms with van der Waals surface area (Å²) in [6, 6.07) is 25.1. The van der Waals surface area contributed by atoms with Gasteiger partial charge in [0.15, 0.2) is 17.3 Å².